The number of ether oxygens (including phenoxy) is 1. The zero-order valence-electron chi connectivity index (χ0n) is 17.8. The highest BCUT2D eigenvalue weighted by atomic mass is 16.5. The lowest BCUT2D eigenvalue weighted by Gasteiger charge is -2.31. The van der Waals surface area contributed by atoms with Crippen molar-refractivity contribution in [1.82, 2.24) is 20.0 Å². The first kappa shape index (κ1) is 21.0. The monoisotopic (exact) mass is 416 g/mol. The van der Waals surface area contributed by atoms with E-state index in [4.69, 9.17) is 4.74 Å². The number of hydrogen-bond donors (Lipinski definition) is 1. The van der Waals surface area contributed by atoms with E-state index in [2.05, 4.69) is 46.5 Å². The van der Waals surface area contributed by atoms with Crippen LogP contribution in [0.5, 0.6) is 0 Å². The second-order valence-electron chi connectivity index (χ2n) is 7.77. The largest absolute Gasteiger partial charge is 0.379 e. The summed E-state index contributed by atoms with van der Waals surface area (Å²) in [6.07, 6.45) is 7.03. The standard InChI is InChI=1S/C25H28N4O2/c1-20-7-10-22(11-8-20)24(19-28-13-15-31-16-14-28)27-25(30)12-9-21-17-26-29(18-21)23-5-3-2-4-6-23/h2-12,17-18,24H,13-16,19H2,1H3,(H,27,30)/b12-9+/t24-/m1/s1. The molecule has 6 heteroatoms. The molecule has 2 aromatic carbocycles. The van der Waals surface area contributed by atoms with Crippen molar-refractivity contribution in [2.75, 3.05) is 32.8 Å². The molecule has 3 aromatic rings. The molecule has 0 bridgehead atoms. The van der Waals surface area contributed by atoms with Gasteiger partial charge in [0.2, 0.25) is 5.91 Å². The Kier molecular flexibility index (Phi) is 6.92. The molecule has 2 heterocycles. The molecule has 160 valence electrons. The summed E-state index contributed by atoms with van der Waals surface area (Å²) in [5.74, 6) is -0.119. The van der Waals surface area contributed by atoms with Crippen molar-refractivity contribution in [3.8, 4) is 5.69 Å². The van der Waals surface area contributed by atoms with Crippen molar-refractivity contribution in [3.05, 3.63) is 89.8 Å². The first-order valence-corrected chi connectivity index (χ1v) is 10.6. The van der Waals surface area contributed by atoms with Gasteiger partial charge in [0, 0.05) is 37.5 Å². The van der Waals surface area contributed by atoms with Crippen LogP contribution >= 0.6 is 0 Å². The summed E-state index contributed by atoms with van der Waals surface area (Å²) >= 11 is 0. The number of benzene rings is 2. The van der Waals surface area contributed by atoms with Crippen molar-refractivity contribution >= 4 is 12.0 Å². The number of rotatable bonds is 7. The number of aryl methyl sites for hydroxylation is 1. The third-order valence-electron chi connectivity index (χ3n) is 5.39. The first-order chi connectivity index (χ1) is 15.2. The van der Waals surface area contributed by atoms with E-state index in [1.807, 2.05) is 36.5 Å². The van der Waals surface area contributed by atoms with E-state index in [-0.39, 0.29) is 11.9 Å². The van der Waals surface area contributed by atoms with E-state index in [1.54, 1.807) is 23.0 Å². The normalized spacial score (nSPS) is 15.8. The van der Waals surface area contributed by atoms with Crippen molar-refractivity contribution < 1.29 is 9.53 Å². The number of amides is 1. The van der Waals surface area contributed by atoms with Crippen molar-refractivity contribution in [2.24, 2.45) is 0 Å². The summed E-state index contributed by atoms with van der Waals surface area (Å²) in [5.41, 5.74) is 4.17. The molecular weight excluding hydrogens is 388 g/mol. The van der Waals surface area contributed by atoms with E-state index >= 15 is 0 Å². The van der Waals surface area contributed by atoms with Crippen molar-refractivity contribution in [2.45, 2.75) is 13.0 Å². The molecule has 0 spiro atoms. The second kappa shape index (κ2) is 10.2. The first-order valence-electron chi connectivity index (χ1n) is 10.6. The maximum atomic E-state index is 12.7. The summed E-state index contributed by atoms with van der Waals surface area (Å²) in [4.78, 5) is 15.1. The van der Waals surface area contributed by atoms with Gasteiger partial charge in [-0.1, -0.05) is 48.0 Å². The average Bonchev–Trinajstić information content (AvgIpc) is 3.28. The molecule has 1 atom stereocenters. The summed E-state index contributed by atoms with van der Waals surface area (Å²) < 4.78 is 7.25. The van der Waals surface area contributed by atoms with E-state index < -0.39 is 0 Å². The fraction of sp³-hybridized carbons (Fsp3) is 0.280. The van der Waals surface area contributed by atoms with Gasteiger partial charge in [-0.2, -0.15) is 5.10 Å². The predicted octanol–water partition coefficient (Wildman–Crippen LogP) is 3.38. The Balaban J connectivity index is 1.43. The highest BCUT2D eigenvalue weighted by Gasteiger charge is 2.19. The lowest BCUT2D eigenvalue weighted by molar-refractivity contribution is -0.117. The quantitative estimate of drug-likeness (QED) is 0.600. The lowest BCUT2D eigenvalue weighted by atomic mass is 10.0. The molecule has 0 aliphatic carbocycles. The molecule has 0 radical (unpaired) electrons. The SMILES string of the molecule is Cc1ccc([C@@H](CN2CCOCC2)NC(=O)/C=C/c2cnn(-c3ccccc3)c2)cc1. The molecule has 0 unspecified atom stereocenters. The molecule has 6 nitrogen and oxygen atoms in total. The minimum atomic E-state index is -0.119. The summed E-state index contributed by atoms with van der Waals surface area (Å²) in [6, 6.07) is 18.2. The van der Waals surface area contributed by atoms with Gasteiger partial charge in [0.1, 0.15) is 0 Å². The average molecular weight is 417 g/mol. The Morgan fingerprint density at radius 2 is 1.87 bits per heavy atom. The number of morpholine rings is 1. The number of aromatic nitrogens is 2. The lowest BCUT2D eigenvalue weighted by Crippen LogP contribution is -2.42. The molecule has 1 fully saturated rings. The summed E-state index contributed by atoms with van der Waals surface area (Å²) in [6.45, 7) is 6.06. The van der Waals surface area contributed by atoms with Crippen LogP contribution in [0.15, 0.2) is 73.1 Å². The minimum Gasteiger partial charge on any atom is -0.379 e. The van der Waals surface area contributed by atoms with Crippen molar-refractivity contribution in [3.63, 3.8) is 0 Å². The number of hydrogen-bond acceptors (Lipinski definition) is 4. The third-order valence-corrected chi connectivity index (χ3v) is 5.39. The minimum absolute atomic E-state index is 0.0807. The van der Waals surface area contributed by atoms with Gasteiger partial charge < -0.3 is 10.1 Å². The summed E-state index contributed by atoms with van der Waals surface area (Å²) in [7, 11) is 0. The Hall–Kier alpha value is -3.22. The van der Waals surface area contributed by atoms with Gasteiger partial charge in [0.05, 0.1) is 31.1 Å². The van der Waals surface area contributed by atoms with E-state index in [0.29, 0.717) is 0 Å². The van der Waals surface area contributed by atoms with Gasteiger partial charge >= 0.3 is 0 Å². The van der Waals surface area contributed by atoms with Crippen LogP contribution in [-0.4, -0.2) is 53.4 Å². The van der Waals surface area contributed by atoms with Crippen LogP contribution in [0, 0.1) is 6.92 Å². The molecule has 1 amide bonds. The molecule has 1 saturated heterocycles. The van der Waals surface area contributed by atoms with Gasteiger partial charge in [-0.25, -0.2) is 4.68 Å². The van der Waals surface area contributed by atoms with Crippen molar-refractivity contribution in [1.29, 1.82) is 0 Å². The topological polar surface area (TPSA) is 59.4 Å². The van der Waals surface area contributed by atoms with Gasteiger partial charge in [-0.05, 0) is 30.7 Å². The maximum Gasteiger partial charge on any atom is 0.244 e. The van der Waals surface area contributed by atoms with E-state index in [0.717, 1.165) is 49.7 Å². The fourth-order valence-corrected chi connectivity index (χ4v) is 3.61. The van der Waals surface area contributed by atoms with Crippen LogP contribution in [0.4, 0.5) is 0 Å². The predicted molar refractivity (Wildman–Crippen MR) is 122 cm³/mol. The number of nitrogens with one attached hydrogen (secondary N) is 1. The van der Waals surface area contributed by atoms with Crippen LogP contribution in [0.2, 0.25) is 0 Å². The Morgan fingerprint density at radius 1 is 1.13 bits per heavy atom. The molecule has 1 aromatic heterocycles. The van der Waals surface area contributed by atoms with E-state index in [1.165, 1.54) is 5.56 Å². The van der Waals surface area contributed by atoms with Crippen LogP contribution < -0.4 is 5.32 Å². The van der Waals surface area contributed by atoms with Gasteiger partial charge in [-0.15, -0.1) is 0 Å². The Morgan fingerprint density at radius 3 is 2.61 bits per heavy atom. The highest BCUT2D eigenvalue weighted by Crippen LogP contribution is 2.17. The maximum absolute atomic E-state index is 12.7. The Bertz CT molecular complexity index is 1010. The third kappa shape index (κ3) is 5.90. The van der Waals surface area contributed by atoms with Gasteiger partial charge in [0.15, 0.2) is 0 Å². The zero-order valence-corrected chi connectivity index (χ0v) is 17.8. The molecule has 1 aliphatic heterocycles. The smallest absolute Gasteiger partial charge is 0.244 e. The van der Waals surface area contributed by atoms with Crippen LogP contribution in [0.25, 0.3) is 11.8 Å². The fourth-order valence-electron chi connectivity index (χ4n) is 3.61. The van der Waals surface area contributed by atoms with Gasteiger partial charge in [0.25, 0.3) is 0 Å². The second-order valence-corrected chi connectivity index (χ2v) is 7.77. The van der Waals surface area contributed by atoms with Crippen LogP contribution in [-0.2, 0) is 9.53 Å². The van der Waals surface area contributed by atoms with Crippen LogP contribution in [0.3, 0.4) is 0 Å². The van der Waals surface area contributed by atoms with E-state index in [9.17, 15) is 4.79 Å². The highest BCUT2D eigenvalue weighted by molar-refractivity contribution is 5.91. The molecule has 1 N–H and O–H groups in total. The van der Waals surface area contributed by atoms with Gasteiger partial charge in [-0.3, -0.25) is 9.69 Å². The zero-order chi connectivity index (χ0) is 21.5. The molecular formula is C25H28N4O2. The van der Waals surface area contributed by atoms with Crippen LogP contribution in [0.1, 0.15) is 22.7 Å². The molecule has 0 saturated carbocycles. The number of para-hydroxylation sites is 1. The number of carbonyl (C=O) groups excluding carboxylic acids is 1. The molecule has 31 heavy (non-hydrogen) atoms. The molecule has 4 rings (SSSR count). The molecule has 1 aliphatic rings. The summed E-state index contributed by atoms with van der Waals surface area (Å²) in [5, 5.41) is 7.55. The number of carbonyl (C=O) groups is 1. The number of nitrogens with zero attached hydrogens (tertiary/aromatic N) is 3. The Labute approximate surface area is 183 Å².